The molecule has 0 aliphatic heterocycles. The molecule has 1 heterocycles. The van der Waals surface area contributed by atoms with Crippen LogP contribution in [0.25, 0.3) is 22.4 Å². The van der Waals surface area contributed by atoms with Crippen LogP contribution in [0.1, 0.15) is 25.7 Å². The highest BCUT2D eigenvalue weighted by atomic mass is 35.5. The van der Waals surface area contributed by atoms with E-state index in [1.807, 2.05) is 53.2 Å². The molecule has 0 bridgehead atoms. The SMILES string of the molecule is O=C(O)COC[C@H]1CC[C@@H](Cn2nc(-c3ccccc3)c(-c3cccc(Cl)c3)c2[S+]([O-])CCO)CC1. The predicted molar refractivity (Wildman–Crippen MR) is 140 cm³/mol. The molecule has 0 saturated heterocycles. The van der Waals surface area contributed by atoms with Crippen LogP contribution in [-0.2, 0) is 27.3 Å². The molecule has 1 fully saturated rings. The van der Waals surface area contributed by atoms with Crippen LogP contribution in [0, 0.1) is 11.8 Å². The second-order valence-corrected chi connectivity index (χ2v) is 11.1. The lowest BCUT2D eigenvalue weighted by molar-refractivity contribution is -0.142. The molecule has 0 amide bonds. The molecule has 1 aromatic heterocycles. The van der Waals surface area contributed by atoms with E-state index in [9.17, 15) is 14.5 Å². The van der Waals surface area contributed by atoms with Gasteiger partial charge in [-0.1, -0.05) is 54.1 Å². The van der Waals surface area contributed by atoms with Crippen molar-refractivity contribution in [3.63, 3.8) is 0 Å². The number of halogens is 1. The first-order valence-electron chi connectivity index (χ1n) is 12.2. The Morgan fingerprint density at radius 3 is 2.44 bits per heavy atom. The first-order chi connectivity index (χ1) is 17.5. The number of aliphatic hydroxyl groups is 1. The highest BCUT2D eigenvalue weighted by molar-refractivity contribution is 7.91. The minimum absolute atomic E-state index is 0.126. The number of hydrogen-bond donors (Lipinski definition) is 2. The molecule has 4 rings (SSSR count). The minimum Gasteiger partial charge on any atom is -0.610 e. The molecule has 3 aromatic rings. The average molecular weight is 531 g/mol. The average Bonchev–Trinajstić information content (AvgIpc) is 3.25. The van der Waals surface area contributed by atoms with E-state index < -0.39 is 17.1 Å². The van der Waals surface area contributed by atoms with Crippen LogP contribution in [0.2, 0.25) is 5.02 Å². The Balaban J connectivity index is 1.65. The number of hydrogen-bond acceptors (Lipinski definition) is 5. The topological polar surface area (TPSA) is 108 Å². The van der Waals surface area contributed by atoms with Crippen LogP contribution in [0.5, 0.6) is 0 Å². The van der Waals surface area contributed by atoms with Gasteiger partial charge in [-0.15, -0.1) is 0 Å². The van der Waals surface area contributed by atoms with Gasteiger partial charge in [0.15, 0.2) is 0 Å². The number of carbonyl (C=O) groups is 1. The van der Waals surface area contributed by atoms with Gasteiger partial charge in [-0.05, 0) is 55.2 Å². The molecule has 1 unspecified atom stereocenters. The number of carboxylic acid groups (broad SMARTS) is 1. The van der Waals surface area contributed by atoms with Gasteiger partial charge in [0.2, 0.25) is 0 Å². The molecule has 0 spiro atoms. The molecule has 192 valence electrons. The smallest absolute Gasteiger partial charge is 0.329 e. The highest BCUT2D eigenvalue weighted by Gasteiger charge is 2.31. The van der Waals surface area contributed by atoms with Gasteiger partial charge in [0.1, 0.15) is 18.1 Å². The Morgan fingerprint density at radius 2 is 1.78 bits per heavy atom. The standard InChI is InChI=1S/C27H31ClN2O5S/c28-23-8-4-7-22(15-23)25-26(21-5-2-1-3-6-21)29-30(27(25)36(34)14-13-31)16-19-9-11-20(12-10-19)17-35-18-24(32)33/h1-8,15,19-20,31H,9-14,16-18H2,(H,32,33)/t19-,20+,36?. The van der Waals surface area contributed by atoms with Gasteiger partial charge in [-0.25, -0.2) is 9.48 Å². The summed E-state index contributed by atoms with van der Waals surface area (Å²) in [5.74, 6) is -0.124. The molecular formula is C27H31ClN2O5S. The van der Waals surface area contributed by atoms with Crippen LogP contribution in [-0.4, -0.2) is 56.1 Å². The molecule has 0 radical (unpaired) electrons. The number of rotatable bonds is 11. The summed E-state index contributed by atoms with van der Waals surface area (Å²) in [7, 11) is 0. The fourth-order valence-corrected chi connectivity index (χ4v) is 6.16. The third-order valence-corrected chi connectivity index (χ3v) is 8.17. The maximum atomic E-state index is 13.4. The van der Waals surface area contributed by atoms with Crippen molar-refractivity contribution in [1.29, 1.82) is 0 Å². The van der Waals surface area contributed by atoms with Crippen molar-refractivity contribution in [2.45, 2.75) is 37.3 Å². The number of benzene rings is 2. The number of ether oxygens (including phenoxy) is 1. The van der Waals surface area contributed by atoms with Crippen molar-refractivity contribution in [1.82, 2.24) is 9.78 Å². The van der Waals surface area contributed by atoms with Crippen molar-refractivity contribution in [2.75, 3.05) is 25.6 Å². The normalized spacial score (nSPS) is 18.8. The predicted octanol–water partition coefficient (Wildman–Crippen LogP) is 4.88. The monoisotopic (exact) mass is 530 g/mol. The van der Waals surface area contributed by atoms with Crippen LogP contribution < -0.4 is 0 Å². The third kappa shape index (κ3) is 6.69. The molecule has 9 heteroatoms. The summed E-state index contributed by atoms with van der Waals surface area (Å²) < 4.78 is 20.6. The van der Waals surface area contributed by atoms with E-state index in [1.54, 1.807) is 6.07 Å². The van der Waals surface area contributed by atoms with Crippen LogP contribution >= 0.6 is 11.6 Å². The lowest BCUT2D eigenvalue weighted by Crippen LogP contribution is -2.25. The lowest BCUT2D eigenvalue weighted by Gasteiger charge is -2.28. The number of aliphatic hydroxyl groups excluding tert-OH is 1. The first-order valence-corrected chi connectivity index (χ1v) is 13.9. The zero-order valence-electron chi connectivity index (χ0n) is 20.0. The molecular weight excluding hydrogens is 500 g/mol. The highest BCUT2D eigenvalue weighted by Crippen LogP contribution is 2.39. The molecule has 1 saturated carbocycles. The van der Waals surface area contributed by atoms with Gasteiger partial charge >= 0.3 is 5.97 Å². The Bertz CT molecular complexity index is 1150. The van der Waals surface area contributed by atoms with Gasteiger partial charge in [-0.3, -0.25) is 0 Å². The lowest BCUT2D eigenvalue weighted by atomic mass is 9.82. The van der Waals surface area contributed by atoms with Gasteiger partial charge < -0.3 is 19.5 Å². The van der Waals surface area contributed by atoms with Crippen LogP contribution in [0.3, 0.4) is 0 Å². The summed E-state index contributed by atoms with van der Waals surface area (Å²) in [4.78, 5) is 10.7. The number of carboxylic acids is 1. The molecule has 1 aliphatic rings. The molecule has 36 heavy (non-hydrogen) atoms. The Kier molecular flexibility index (Phi) is 9.45. The second-order valence-electron chi connectivity index (χ2n) is 9.16. The molecule has 1 atom stereocenters. The molecule has 2 N–H and O–H groups in total. The molecule has 1 aliphatic carbocycles. The van der Waals surface area contributed by atoms with E-state index in [0.29, 0.717) is 35.0 Å². The van der Waals surface area contributed by atoms with Crippen molar-refractivity contribution < 1.29 is 24.3 Å². The van der Waals surface area contributed by atoms with E-state index in [0.717, 1.165) is 48.1 Å². The third-order valence-electron chi connectivity index (χ3n) is 6.54. The van der Waals surface area contributed by atoms with Crippen LogP contribution in [0.15, 0.2) is 59.6 Å². The maximum absolute atomic E-state index is 13.4. The van der Waals surface area contributed by atoms with E-state index in [-0.39, 0.29) is 19.0 Å². The Morgan fingerprint density at radius 1 is 1.08 bits per heavy atom. The van der Waals surface area contributed by atoms with Gasteiger partial charge in [0.25, 0.3) is 5.03 Å². The van der Waals surface area contributed by atoms with E-state index in [2.05, 4.69) is 0 Å². The van der Waals surface area contributed by atoms with E-state index in [1.165, 1.54) is 0 Å². The zero-order valence-corrected chi connectivity index (χ0v) is 21.6. The zero-order chi connectivity index (χ0) is 25.5. The Hall–Kier alpha value is -2.36. The van der Waals surface area contributed by atoms with Crippen molar-refractivity contribution in [3.8, 4) is 22.4 Å². The number of nitrogens with zero attached hydrogens (tertiary/aromatic N) is 2. The fraction of sp³-hybridized carbons (Fsp3) is 0.407. The summed E-state index contributed by atoms with van der Waals surface area (Å²) >= 11 is 4.87. The summed E-state index contributed by atoms with van der Waals surface area (Å²) in [5, 5.41) is 24.5. The number of aromatic nitrogens is 2. The Labute approximate surface area is 219 Å². The minimum atomic E-state index is -1.45. The summed E-state index contributed by atoms with van der Waals surface area (Å²) in [6, 6.07) is 17.3. The van der Waals surface area contributed by atoms with Gasteiger partial charge in [0.05, 0.1) is 18.8 Å². The summed E-state index contributed by atoms with van der Waals surface area (Å²) in [6.07, 6.45) is 3.82. The van der Waals surface area contributed by atoms with Crippen molar-refractivity contribution in [3.05, 3.63) is 59.6 Å². The quantitative estimate of drug-likeness (QED) is 0.342. The van der Waals surface area contributed by atoms with E-state index in [4.69, 9.17) is 26.5 Å². The summed E-state index contributed by atoms with van der Waals surface area (Å²) in [6.45, 7) is 0.635. The van der Waals surface area contributed by atoms with Crippen LogP contribution in [0.4, 0.5) is 0 Å². The van der Waals surface area contributed by atoms with Crippen molar-refractivity contribution >= 4 is 28.7 Å². The largest absolute Gasteiger partial charge is 0.610 e. The summed E-state index contributed by atoms with van der Waals surface area (Å²) in [5.41, 5.74) is 3.29. The first kappa shape index (κ1) is 26.7. The maximum Gasteiger partial charge on any atom is 0.329 e. The number of aliphatic carboxylic acids is 1. The second kappa shape index (κ2) is 12.7. The van der Waals surface area contributed by atoms with Crippen molar-refractivity contribution in [2.24, 2.45) is 11.8 Å². The van der Waals surface area contributed by atoms with Gasteiger partial charge in [0, 0.05) is 28.3 Å². The molecule has 7 nitrogen and oxygen atoms in total. The van der Waals surface area contributed by atoms with Gasteiger partial charge in [-0.2, -0.15) is 5.10 Å². The fourth-order valence-electron chi connectivity index (χ4n) is 4.82. The van der Waals surface area contributed by atoms with E-state index >= 15 is 0 Å². The molecule has 2 aromatic carbocycles.